The maximum Gasteiger partial charge on any atom is 0.283 e. The molecule has 1 heterocycles. The predicted molar refractivity (Wildman–Crippen MR) is 73.9 cm³/mol. The first-order chi connectivity index (χ1) is 10.1. The second-order valence-corrected chi connectivity index (χ2v) is 5.91. The minimum absolute atomic E-state index is 0.0521. The molecule has 21 heavy (non-hydrogen) atoms. The number of hydrogen-bond donors (Lipinski definition) is 1. The van der Waals surface area contributed by atoms with E-state index in [-0.39, 0.29) is 5.69 Å². The summed E-state index contributed by atoms with van der Waals surface area (Å²) in [7, 11) is 0. The molecule has 0 aliphatic heterocycles. The molecular formula is C12H13N5O3S. The van der Waals surface area contributed by atoms with Crippen LogP contribution in [-0.2, 0) is 0 Å². The summed E-state index contributed by atoms with van der Waals surface area (Å²) in [5, 5.41) is 32.8. The molecule has 110 valence electrons. The van der Waals surface area contributed by atoms with Gasteiger partial charge in [0, 0.05) is 6.07 Å². The number of hydrogen-bond acceptors (Lipinski definition) is 7. The average Bonchev–Trinajstić information content (AvgIpc) is 3.19. The first-order valence-electron chi connectivity index (χ1n) is 6.48. The van der Waals surface area contributed by atoms with E-state index in [9.17, 15) is 15.2 Å². The maximum atomic E-state index is 11.2. The molecule has 0 radical (unpaired) electrons. The van der Waals surface area contributed by atoms with E-state index in [2.05, 4.69) is 15.5 Å². The molecule has 1 aromatic heterocycles. The van der Waals surface area contributed by atoms with E-state index >= 15 is 0 Å². The lowest BCUT2D eigenvalue weighted by molar-refractivity contribution is -0.387. The zero-order chi connectivity index (χ0) is 15.0. The van der Waals surface area contributed by atoms with Gasteiger partial charge in [0.25, 0.3) is 5.69 Å². The molecule has 1 saturated carbocycles. The number of aliphatic hydroxyl groups excluding tert-OH is 1. The first kappa shape index (κ1) is 14.0. The van der Waals surface area contributed by atoms with E-state index in [1.807, 2.05) is 0 Å². The Kier molecular flexibility index (Phi) is 3.60. The van der Waals surface area contributed by atoms with Crippen molar-refractivity contribution in [2.24, 2.45) is 0 Å². The van der Waals surface area contributed by atoms with Crippen LogP contribution in [0.1, 0.15) is 37.5 Å². The monoisotopic (exact) mass is 307 g/mol. The quantitative estimate of drug-likeness (QED) is 0.666. The maximum absolute atomic E-state index is 11.2. The van der Waals surface area contributed by atoms with Crippen LogP contribution in [0.15, 0.2) is 28.3 Å². The molecule has 1 aromatic carbocycles. The van der Waals surface area contributed by atoms with Crippen LogP contribution in [0, 0.1) is 10.1 Å². The molecule has 1 fully saturated rings. The van der Waals surface area contributed by atoms with Crippen LogP contribution in [0.5, 0.6) is 0 Å². The highest BCUT2D eigenvalue weighted by atomic mass is 32.2. The third kappa shape index (κ3) is 2.88. The molecule has 9 heteroatoms. The predicted octanol–water partition coefficient (Wildman–Crippen LogP) is 2.12. The number of nitro benzene ring substituents is 1. The van der Waals surface area contributed by atoms with E-state index in [1.165, 1.54) is 17.8 Å². The van der Waals surface area contributed by atoms with Gasteiger partial charge in [0.1, 0.15) is 0 Å². The van der Waals surface area contributed by atoms with Crippen molar-refractivity contribution in [3.63, 3.8) is 0 Å². The Labute approximate surface area is 124 Å². The van der Waals surface area contributed by atoms with Gasteiger partial charge in [0.15, 0.2) is 0 Å². The third-order valence-corrected chi connectivity index (χ3v) is 4.24. The smallest absolute Gasteiger partial charge is 0.283 e. The standard InChI is InChI=1S/C12H13N5O3S/c1-7(18)8-2-5-11(10(6-8)17(19)20)21-12-13-14-15-16(12)9-3-4-9/h2,5-7,9,18H,3-4H2,1H3/t7-/m1/s1. The molecule has 0 unspecified atom stereocenters. The summed E-state index contributed by atoms with van der Waals surface area (Å²) in [6, 6.07) is 4.98. The van der Waals surface area contributed by atoms with Crippen molar-refractivity contribution in [3.8, 4) is 0 Å². The largest absolute Gasteiger partial charge is 0.389 e. The Balaban J connectivity index is 1.94. The second kappa shape index (κ2) is 5.41. The fourth-order valence-corrected chi connectivity index (χ4v) is 2.85. The van der Waals surface area contributed by atoms with Crippen molar-refractivity contribution < 1.29 is 10.0 Å². The molecule has 1 atom stereocenters. The highest BCUT2D eigenvalue weighted by Gasteiger charge is 2.29. The summed E-state index contributed by atoms with van der Waals surface area (Å²) in [6.07, 6.45) is 1.31. The fraction of sp³-hybridized carbons (Fsp3) is 0.417. The van der Waals surface area contributed by atoms with Crippen LogP contribution in [-0.4, -0.2) is 30.2 Å². The Hall–Kier alpha value is -2.00. The summed E-state index contributed by atoms with van der Waals surface area (Å²) in [4.78, 5) is 11.2. The second-order valence-electron chi connectivity index (χ2n) is 4.90. The van der Waals surface area contributed by atoms with Crippen molar-refractivity contribution in [1.29, 1.82) is 0 Å². The lowest BCUT2D eigenvalue weighted by Gasteiger charge is -2.07. The molecule has 0 amide bonds. The van der Waals surface area contributed by atoms with E-state index in [0.717, 1.165) is 12.8 Å². The van der Waals surface area contributed by atoms with Crippen LogP contribution in [0.2, 0.25) is 0 Å². The molecule has 2 aromatic rings. The summed E-state index contributed by atoms with van der Waals surface area (Å²) in [5.41, 5.74) is 0.455. The van der Waals surface area contributed by atoms with Crippen molar-refractivity contribution in [1.82, 2.24) is 20.2 Å². The number of nitrogens with zero attached hydrogens (tertiary/aromatic N) is 5. The molecule has 1 aliphatic rings. The molecule has 0 spiro atoms. The summed E-state index contributed by atoms with van der Waals surface area (Å²) in [6.45, 7) is 1.57. The highest BCUT2D eigenvalue weighted by molar-refractivity contribution is 7.99. The molecule has 3 rings (SSSR count). The van der Waals surface area contributed by atoms with Crippen LogP contribution in [0.25, 0.3) is 0 Å². The minimum Gasteiger partial charge on any atom is -0.389 e. The van der Waals surface area contributed by atoms with Crippen LogP contribution >= 0.6 is 11.8 Å². The fourth-order valence-electron chi connectivity index (χ4n) is 1.92. The Morgan fingerprint density at radius 1 is 1.52 bits per heavy atom. The van der Waals surface area contributed by atoms with Crippen LogP contribution < -0.4 is 0 Å². The molecule has 8 nitrogen and oxygen atoms in total. The molecular weight excluding hydrogens is 294 g/mol. The number of aromatic nitrogens is 4. The van der Waals surface area contributed by atoms with Gasteiger partial charge in [-0.05, 0) is 53.6 Å². The summed E-state index contributed by atoms with van der Waals surface area (Å²) < 4.78 is 1.71. The van der Waals surface area contributed by atoms with Crippen molar-refractivity contribution >= 4 is 17.4 Å². The van der Waals surface area contributed by atoms with Gasteiger partial charge < -0.3 is 5.11 Å². The SMILES string of the molecule is C[C@@H](O)c1ccc(Sc2nnnn2C2CC2)c([N+](=O)[O-])c1. The number of benzene rings is 1. The van der Waals surface area contributed by atoms with Gasteiger partial charge in [0.05, 0.1) is 22.0 Å². The number of rotatable bonds is 5. The average molecular weight is 307 g/mol. The summed E-state index contributed by atoms with van der Waals surface area (Å²) in [5.74, 6) is 0. The molecule has 1 aliphatic carbocycles. The Bertz CT molecular complexity index is 683. The lowest BCUT2D eigenvalue weighted by Crippen LogP contribution is -2.00. The first-order valence-corrected chi connectivity index (χ1v) is 7.30. The zero-order valence-electron chi connectivity index (χ0n) is 11.2. The number of tetrazole rings is 1. The van der Waals surface area contributed by atoms with E-state index in [0.29, 0.717) is 21.7 Å². The van der Waals surface area contributed by atoms with Crippen LogP contribution in [0.4, 0.5) is 5.69 Å². The van der Waals surface area contributed by atoms with Gasteiger partial charge in [-0.25, -0.2) is 4.68 Å². The number of nitro groups is 1. The zero-order valence-corrected chi connectivity index (χ0v) is 12.0. The van der Waals surface area contributed by atoms with Gasteiger partial charge in [0.2, 0.25) is 5.16 Å². The van der Waals surface area contributed by atoms with Crippen molar-refractivity contribution in [2.45, 2.75) is 42.0 Å². The van der Waals surface area contributed by atoms with Crippen molar-refractivity contribution in [3.05, 3.63) is 33.9 Å². The van der Waals surface area contributed by atoms with Gasteiger partial charge in [-0.2, -0.15) is 0 Å². The van der Waals surface area contributed by atoms with Gasteiger partial charge in [-0.15, -0.1) is 5.10 Å². The third-order valence-electron chi connectivity index (χ3n) is 3.22. The van der Waals surface area contributed by atoms with E-state index < -0.39 is 11.0 Å². The molecule has 0 saturated heterocycles. The highest BCUT2D eigenvalue weighted by Crippen LogP contribution is 2.40. The normalized spacial score (nSPS) is 15.9. The lowest BCUT2D eigenvalue weighted by atomic mass is 10.1. The van der Waals surface area contributed by atoms with Gasteiger partial charge in [-0.1, -0.05) is 6.07 Å². The van der Waals surface area contributed by atoms with Crippen LogP contribution in [0.3, 0.4) is 0 Å². The van der Waals surface area contributed by atoms with Gasteiger partial charge in [-0.3, -0.25) is 10.1 Å². The topological polar surface area (TPSA) is 107 Å². The summed E-state index contributed by atoms with van der Waals surface area (Å²) >= 11 is 1.17. The Morgan fingerprint density at radius 2 is 2.29 bits per heavy atom. The van der Waals surface area contributed by atoms with E-state index in [1.54, 1.807) is 23.7 Å². The molecule has 0 bridgehead atoms. The van der Waals surface area contributed by atoms with Gasteiger partial charge >= 0.3 is 0 Å². The minimum atomic E-state index is -0.750. The Morgan fingerprint density at radius 3 is 2.90 bits per heavy atom. The molecule has 1 N–H and O–H groups in total. The number of aliphatic hydroxyl groups is 1. The van der Waals surface area contributed by atoms with Crippen molar-refractivity contribution in [2.75, 3.05) is 0 Å². The van der Waals surface area contributed by atoms with E-state index in [4.69, 9.17) is 0 Å².